The molecule has 2 aliphatic heterocycles. The Morgan fingerprint density at radius 2 is 2.08 bits per heavy atom. The molecule has 0 N–H and O–H groups in total. The van der Waals surface area contributed by atoms with Gasteiger partial charge in [0, 0.05) is 19.0 Å². The van der Waals surface area contributed by atoms with Gasteiger partial charge in [-0.3, -0.25) is 9.69 Å². The Kier molecular flexibility index (Phi) is 3.50. The lowest BCUT2D eigenvalue weighted by molar-refractivity contribution is -0.138. The summed E-state index contributed by atoms with van der Waals surface area (Å²) in [6.45, 7) is 2.51. The van der Waals surface area contributed by atoms with Crippen LogP contribution in [0.3, 0.4) is 0 Å². The molecular formula is C20H24N2O3. The second-order valence-corrected chi connectivity index (χ2v) is 7.97. The van der Waals surface area contributed by atoms with Crippen molar-refractivity contribution in [3.05, 3.63) is 29.3 Å². The number of benzene rings is 1. The Morgan fingerprint density at radius 3 is 2.80 bits per heavy atom. The summed E-state index contributed by atoms with van der Waals surface area (Å²) in [6.07, 6.45) is 5.50. The highest BCUT2D eigenvalue weighted by Gasteiger charge is 2.44. The molecule has 5 heteroatoms. The van der Waals surface area contributed by atoms with E-state index in [0.717, 1.165) is 31.0 Å². The van der Waals surface area contributed by atoms with E-state index in [1.54, 1.807) is 4.90 Å². The van der Waals surface area contributed by atoms with Crippen LogP contribution in [-0.4, -0.2) is 36.6 Å². The van der Waals surface area contributed by atoms with E-state index < -0.39 is 0 Å². The van der Waals surface area contributed by atoms with E-state index in [9.17, 15) is 9.59 Å². The monoisotopic (exact) mass is 340 g/mol. The number of fused-ring (bicyclic) bond motifs is 3. The first-order valence-corrected chi connectivity index (χ1v) is 9.54. The quantitative estimate of drug-likeness (QED) is 0.832. The number of ether oxygens (including phenoxy) is 1. The van der Waals surface area contributed by atoms with Crippen molar-refractivity contribution in [2.24, 2.45) is 17.8 Å². The molecule has 5 nitrogen and oxygen atoms in total. The van der Waals surface area contributed by atoms with Crippen LogP contribution < -0.4 is 4.90 Å². The van der Waals surface area contributed by atoms with Crippen LogP contribution in [0.4, 0.5) is 10.5 Å². The second kappa shape index (κ2) is 5.75. The van der Waals surface area contributed by atoms with Crippen molar-refractivity contribution in [2.75, 3.05) is 24.6 Å². The van der Waals surface area contributed by atoms with Gasteiger partial charge in [-0.15, -0.1) is 0 Å². The molecule has 5 rings (SSSR count). The average Bonchev–Trinajstić information content (AvgIpc) is 3.37. The average molecular weight is 340 g/mol. The highest BCUT2D eigenvalue weighted by atomic mass is 16.6. The first-order valence-electron chi connectivity index (χ1n) is 9.54. The molecule has 2 aliphatic carbocycles. The number of anilines is 1. The third-order valence-electron chi connectivity index (χ3n) is 6.66. The molecule has 0 spiro atoms. The molecule has 2 saturated carbocycles. The van der Waals surface area contributed by atoms with Crippen molar-refractivity contribution in [1.82, 2.24) is 4.90 Å². The lowest BCUT2D eigenvalue weighted by atomic mass is 9.87. The Bertz CT molecular complexity index is 732. The van der Waals surface area contributed by atoms with E-state index in [1.807, 2.05) is 12.1 Å². The van der Waals surface area contributed by atoms with Crippen LogP contribution >= 0.6 is 0 Å². The molecule has 3 unspecified atom stereocenters. The predicted molar refractivity (Wildman–Crippen MR) is 93.2 cm³/mol. The molecule has 25 heavy (non-hydrogen) atoms. The highest BCUT2D eigenvalue weighted by Crippen LogP contribution is 2.49. The molecule has 1 aromatic carbocycles. The lowest BCUT2D eigenvalue weighted by Crippen LogP contribution is -2.41. The highest BCUT2D eigenvalue weighted by molar-refractivity contribution is 5.90. The molecule has 2 heterocycles. The number of cyclic esters (lactones) is 1. The Balaban J connectivity index is 1.36. The predicted octanol–water partition coefficient (Wildman–Crippen LogP) is 2.96. The van der Waals surface area contributed by atoms with Gasteiger partial charge in [0.1, 0.15) is 6.61 Å². The smallest absolute Gasteiger partial charge is 0.414 e. The fourth-order valence-corrected chi connectivity index (χ4v) is 5.42. The van der Waals surface area contributed by atoms with Gasteiger partial charge in [0.2, 0.25) is 5.91 Å². The minimum absolute atomic E-state index is 0.256. The minimum atomic E-state index is -0.256. The summed E-state index contributed by atoms with van der Waals surface area (Å²) in [4.78, 5) is 28.7. The van der Waals surface area contributed by atoms with Crippen molar-refractivity contribution >= 4 is 17.7 Å². The van der Waals surface area contributed by atoms with Crippen molar-refractivity contribution < 1.29 is 14.3 Å². The summed E-state index contributed by atoms with van der Waals surface area (Å²) < 4.78 is 5.09. The fourth-order valence-electron chi connectivity index (χ4n) is 5.42. The van der Waals surface area contributed by atoms with Crippen LogP contribution in [0.15, 0.2) is 18.2 Å². The molecule has 3 fully saturated rings. The van der Waals surface area contributed by atoms with Crippen LogP contribution in [0.5, 0.6) is 0 Å². The van der Waals surface area contributed by atoms with Gasteiger partial charge in [-0.05, 0) is 54.7 Å². The maximum atomic E-state index is 13.0. The largest absolute Gasteiger partial charge is 0.447 e. The topological polar surface area (TPSA) is 49.9 Å². The zero-order valence-corrected chi connectivity index (χ0v) is 14.4. The number of hydrogen-bond acceptors (Lipinski definition) is 3. The lowest BCUT2D eigenvalue weighted by Gasteiger charge is -2.34. The molecule has 132 valence electrons. The van der Waals surface area contributed by atoms with E-state index in [0.29, 0.717) is 31.5 Å². The minimum Gasteiger partial charge on any atom is -0.447 e. The van der Waals surface area contributed by atoms with E-state index in [1.165, 1.54) is 30.4 Å². The van der Waals surface area contributed by atoms with Crippen molar-refractivity contribution in [3.63, 3.8) is 0 Å². The van der Waals surface area contributed by atoms with Gasteiger partial charge in [-0.2, -0.15) is 0 Å². The molecule has 4 aliphatic rings. The van der Waals surface area contributed by atoms with Crippen molar-refractivity contribution in [1.29, 1.82) is 0 Å². The van der Waals surface area contributed by atoms with Crippen LogP contribution in [-0.2, 0) is 22.5 Å². The summed E-state index contributed by atoms with van der Waals surface area (Å²) in [7, 11) is 0. The summed E-state index contributed by atoms with van der Waals surface area (Å²) >= 11 is 0. The number of hydrogen-bond donors (Lipinski definition) is 0. The third-order valence-corrected chi connectivity index (χ3v) is 6.66. The summed E-state index contributed by atoms with van der Waals surface area (Å²) in [6, 6.07) is 6.09. The summed E-state index contributed by atoms with van der Waals surface area (Å²) in [5.74, 6) is 2.05. The van der Waals surface area contributed by atoms with E-state index in [4.69, 9.17) is 4.74 Å². The number of rotatable bonds is 2. The maximum Gasteiger partial charge on any atom is 0.414 e. The number of nitrogens with zero attached hydrogens (tertiary/aromatic N) is 2. The van der Waals surface area contributed by atoms with Gasteiger partial charge in [0.05, 0.1) is 12.2 Å². The number of carbonyl (C=O) groups excluding carboxylic acids is 2. The summed E-state index contributed by atoms with van der Waals surface area (Å²) in [5.41, 5.74) is 3.35. The van der Waals surface area contributed by atoms with Gasteiger partial charge >= 0.3 is 6.09 Å². The molecule has 2 amide bonds. The van der Waals surface area contributed by atoms with E-state index in [2.05, 4.69) is 11.0 Å². The van der Waals surface area contributed by atoms with Crippen molar-refractivity contribution in [2.45, 2.75) is 38.6 Å². The molecule has 0 aromatic heterocycles. The zero-order valence-electron chi connectivity index (χ0n) is 14.4. The zero-order chi connectivity index (χ0) is 17.0. The van der Waals surface area contributed by atoms with E-state index in [-0.39, 0.29) is 12.0 Å². The van der Waals surface area contributed by atoms with Gasteiger partial charge in [0.15, 0.2) is 0 Å². The normalized spacial score (nSPS) is 30.6. The van der Waals surface area contributed by atoms with Crippen LogP contribution in [0, 0.1) is 17.8 Å². The number of amides is 2. The Hall–Kier alpha value is -2.04. The molecule has 1 aromatic rings. The molecule has 3 atom stereocenters. The Morgan fingerprint density at radius 1 is 1.16 bits per heavy atom. The molecule has 1 saturated heterocycles. The summed E-state index contributed by atoms with van der Waals surface area (Å²) in [5, 5.41) is 0. The number of carbonyl (C=O) groups is 2. The van der Waals surface area contributed by atoms with Crippen LogP contribution in [0.25, 0.3) is 0 Å². The van der Waals surface area contributed by atoms with Gasteiger partial charge in [-0.25, -0.2) is 4.79 Å². The maximum absolute atomic E-state index is 13.0. The van der Waals surface area contributed by atoms with Crippen LogP contribution in [0.2, 0.25) is 0 Å². The fraction of sp³-hybridized carbons (Fsp3) is 0.600. The van der Waals surface area contributed by atoms with Gasteiger partial charge in [-0.1, -0.05) is 18.6 Å². The molecule has 2 bridgehead atoms. The van der Waals surface area contributed by atoms with Crippen LogP contribution in [0.1, 0.15) is 36.8 Å². The SMILES string of the molecule is O=C(C1CC2CCC1C2)N1CCc2c(cccc2N2CCOC2=O)C1. The van der Waals surface area contributed by atoms with Gasteiger partial charge < -0.3 is 9.64 Å². The van der Waals surface area contributed by atoms with Gasteiger partial charge in [0.25, 0.3) is 0 Å². The molecular weight excluding hydrogens is 316 g/mol. The van der Waals surface area contributed by atoms with Crippen molar-refractivity contribution in [3.8, 4) is 0 Å². The Labute approximate surface area is 147 Å². The first kappa shape index (κ1) is 15.2. The second-order valence-electron chi connectivity index (χ2n) is 7.97. The first-order chi connectivity index (χ1) is 12.2. The third kappa shape index (κ3) is 2.43. The molecule has 0 radical (unpaired) electrons. The van der Waals surface area contributed by atoms with E-state index >= 15 is 0 Å². The standard InChI is InChI=1S/C20H24N2O3/c23-19(17-11-13-4-5-14(17)10-13)21-7-6-16-15(12-21)2-1-3-18(16)22-8-9-25-20(22)24/h1-3,13-14,17H,4-12H2.